The number of rotatable bonds is 4. The molecule has 120 valence electrons. The smallest absolute Gasteiger partial charge is 0.250 e. The van der Waals surface area contributed by atoms with Crippen LogP contribution in [0.1, 0.15) is 11.1 Å². The van der Waals surface area contributed by atoms with Crippen molar-refractivity contribution in [3.63, 3.8) is 0 Å². The summed E-state index contributed by atoms with van der Waals surface area (Å²) >= 11 is 7.16. The van der Waals surface area contributed by atoms with Crippen molar-refractivity contribution in [1.29, 1.82) is 0 Å². The monoisotopic (exact) mass is 355 g/mol. The van der Waals surface area contributed by atoms with Crippen molar-refractivity contribution in [3.05, 3.63) is 70.8 Å². The number of carbonyl (C=O) groups excluding carboxylic acids is 1. The van der Waals surface area contributed by atoms with Gasteiger partial charge in [-0.05, 0) is 30.7 Å². The van der Waals surface area contributed by atoms with E-state index in [9.17, 15) is 4.79 Å². The van der Waals surface area contributed by atoms with Crippen LogP contribution < -0.4 is 5.32 Å². The Morgan fingerprint density at radius 3 is 2.50 bits per heavy atom. The first-order chi connectivity index (χ1) is 11.6. The van der Waals surface area contributed by atoms with Crippen molar-refractivity contribution in [1.82, 2.24) is 10.2 Å². The quantitative estimate of drug-likeness (QED) is 0.683. The normalized spacial score (nSPS) is 10.9. The molecule has 24 heavy (non-hydrogen) atoms. The van der Waals surface area contributed by atoms with Gasteiger partial charge in [0.25, 0.3) is 0 Å². The molecule has 1 N–H and O–H groups in total. The second-order valence-corrected chi connectivity index (χ2v) is 6.57. The molecule has 0 aliphatic heterocycles. The van der Waals surface area contributed by atoms with Gasteiger partial charge in [-0.2, -0.15) is 0 Å². The zero-order valence-electron chi connectivity index (χ0n) is 12.9. The largest absolute Gasteiger partial charge is 0.297 e. The number of halogens is 1. The number of nitrogens with one attached hydrogen (secondary N) is 1. The molecule has 0 atom stereocenters. The summed E-state index contributed by atoms with van der Waals surface area (Å²) in [6.45, 7) is 2.03. The SMILES string of the molecule is Cc1ccc(-c2nnc(NC(=O)/C=C/c3ccc(Cl)cc3)s2)cc1. The molecule has 1 aromatic heterocycles. The fourth-order valence-corrected chi connectivity index (χ4v) is 2.86. The number of carbonyl (C=O) groups is 1. The van der Waals surface area contributed by atoms with Crippen LogP contribution in [0.5, 0.6) is 0 Å². The molecule has 4 nitrogen and oxygen atoms in total. The molecule has 0 spiro atoms. The first-order valence-electron chi connectivity index (χ1n) is 7.25. The van der Waals surface area contributed by atoms with Crippen LogP contribution in [0.25, 0.3) is 16.6 Å². The Kier molecular flexibility index (Phi) is 5.03. The van der Waals surface area contributed by atoms with Crippen molar-refractivity contribution in [2.24, 2.45) is 0 Å². The van der Waals surface area contributed by atoms with E-state index in [1.807, 2.05) is 43.3 Å². The fourth-order valence-electron chi connectivity index (χ4n) is 1.98. The average Bonchev–Trinajstić information content (AvgIpc) is 3.03. The maximum Gasteiger partial charge on any atom is 0.250 e. The summed E-state index contributed by atoms with van der Waals surface area (Å²) < 4.78 is 0. The summed E-state index contributed by atoms with van der Waals surface area (Å²) in [6.07, 6.45) is 3.17. The van der Waals surface area contributed by atoms with Crippen LogP contribution in [0.4, 0.5) is 5.13 Å². The molecular weight excluding hydrogens is 342 g/mol. The van der Waals surface area contributed by atoms with Crippen molar-refractivity contribution >= 4 is 40.1 Å². The van der Waals surface area contributed by atoms with Gasteiger partial charge in [0.15, 0.2) is 0 Å². The molecule has 6 heteroatoms. The second-order valence-electron chi connectivity index (χ2n) is 5.15. The van der Waals surface area contributed by atoms with Gasteiger partial charge in [-0.3, -0.25) is 10.1 Å². The molecule has 0 fully saturated rings. The molecule has 0 radical (unpaired) electrons. The fraction of sp³-hybridized carbons (Fsp3) is 0.0556. The van der Waals surface area contributed by atoms with Gasteiger partial charge in [-0.15, -0.1) is 10.2 Å². The summed E-state index contributed by atoms with van der Waals surface area (Å²) in [4.78, 5) is 12.0. The molecular formula is C18H14ClN3OS. The lowest BCUT2D eigenvalue weighted by Gasteiger charge is -1.96. The van der Waals surface area contributed by atoms with E-state index in [2.05, 4.69) is 15.5 Å². The van der Waals surface area contributed by atoms with E-state index >= 15 is 0 Å². The summed E-state index contributed by atoms with van der Waals surface area (Å²) in [7, 11) is 0. The number of nitrogens with zero attached hydrogens (tertiary/aromatic N) is 2. The van der Waals surface area contributed by atoms with Crippen molar-refractivity contribution < 1.29 is 4.79 Å². The highest BCUT2D eigenvalue weighted by atomic mass is 35.5. The minimum atomic E-state index is -0.253. The van der Waals surface area contributed by atoms with Crippen LogP contribution in [-0.2, 0) is 4.79 Å². The van der Waals surface area contributed by atoms with Crippen LogP contribution in [0, 0.1) is 6.92 Å². The van der Waals surface area contributed by atoms with Gasteiger partial charge in [0.1, 0.15) is 5.01 Å². The molecule has 0 unspecified atom stereocenters. The second kappa shape index (κ2) is 7.38. The Morgan fingerprint density at radius 2 is 1.79 bits per heavy atom. The number of anilines is 1. The van der Waals surface area contributed by atoms with E-state index in [4.69, 9.17) is 11.6 Å². The Balaban J connectivity index is 1.64. The third-order valence-corrected chi connectivity index (χ3v) is 4.39. The van der Waals surface area contributed by atoms with E-state index in [1.54, 1.807) is 18.2 Å². The lowest BCUT2D eigenvalue weighted by molar-refractivity contribution is -0.111. The topological polar surface area (TPSA) is 54.9 Å². The predicted octanol–water partition coefficient (Wildman–Crippen LogP) is 4.82. The summed E-state index contributed by atoms with van der Waals surface area (Å²) in [5.41, 5.74) is 3.06. The van der Waals surface area contributed by atoms with E-state index in [1.165, 1.54) is 23.0 Å². The summed E-state index contributed by atoms with van der Waals surface area (Å²) in [5.74, 6) is -0.253. The molecule has 0 aliphatic rings. The number of amides is 1. The maximum absolute atomic E-state index is 12.0. The number of aromatic nitrogens is 2. The molecule has 2 aromatic carbocycles. The Hall–Kier alpha value is -2.50. The first-order valence-corrected chi connectivity index (χ1v) is 8.45. The van der Waals surface area contributed by atoms with Crippen molar-refractivity contribution in [2.75, 3.05) is 5.32 Å². The van der Waals surface area contributed by atoms with Gasteiger partial charge in [-0.25, -0.2) is 0 Å². The standard InChI is InChI=1S/C18H14ClN3OS/c1-12-2-7-14(8-3-12)17-21-22-18(24-17)20-16(23)11-6-13-4-9-15(19)10-5-13/h2-11H,1H3,(H,20,22,23)/b11-6+. The van der Waals surface area contributed by atoms with Gasteiger partial charge in [0, 0.05) is 16.7 Å². The van der Waals surface area contributed by atoms with Crippen molar-refractivity contribution in [3.8, 4) is 10.6 Å². The summed E-state index contributed by atoms with van der Waals surface area (Å²) in [5, 5.41) is 12.7. The van der Waals surface area contributed by atoms with Gasteiger partial charge < -0.3 is 0 Å². The highest BCUT2D eigenvalue weighted by Gasteiger charge is 2.08. The Labute approximate surface area is 148 Å². The molecule has 1 amide bonds. The van der Waals surface area contributed by atoms with Gasteiger partial charge in [-0.1, -0.05) is 64.9 Å². The highest BCUT2D eigenvalue weighted by Crippen LogP contribution is 2.26. The molecule has 0 saturated carbocycles. The zero-order chi connectivity index (χ0) is 16.9. The Bertz CT molecular complexity index is 870. The number of hydrogen-bond donors (Lipinski definition) is 1. The maximum atomic E-state index is 12.0. The van der Waals surface area contributed by atoms with Crippen LogP contribution in [0.2, 0.25) is 5.02 Å². The predicted molar refractivity (Wildman–Crippen MR) is 99.2 cm³/mol. The lowest BCUT2D eigenvalue weighted by atomic mass is 10.2. The van der Waals surface area contributed by atoms with E-state index in [0.717, 1.165) is 16.1 Å². The van der Waals surface area contributed by atoms with Crippen LogP contribution >= 0.6 is 22.9 Å². The average molecular weight is 356 g/mol. The van der Waals surface area contributed by atoms with E-state index in [-0.39, 0.29) is 5.91 Å². The number of aryl methyl sites for hydroxylation is 1. The zero-order valence-corrected chi connectivity index (χ0v) is 14.4. The Morgan fingerprint density at radius 1 is 1.08 bits per heavy atom. The van der Waals surface area contributed by atoms with Gasteiger partial charge in [0.05, 0.1) is 0 Å². The van der Waals surface area contributed by atoms with Crippen LogP contribution in [-0.4, -0.2) is 16.1 Å². The first kappa shape index (κ1) is 16.4. The minimum absolute atomic E-state index is 0.253. The van der Waals surface area contributed by atoms with E-state index in [0.29, 0.717) is 10.2 Å². The molecule has 1 heterocycles. The molecule has 3 aromatic rings. The molecule has 0 aliphatic carbocycles. The minimum Gasteiger partial charge on any atom is -0.297 e. The third kappa shape index (κ3) is 4.28. The number of hydrogen-bond acceptors (Lipinski definition) is 4. The third-order valence-electron chi connectivity index (χ3n) is 3.25. The molecule has 3 rings (SSSR count). The lowest BCUT2D eigenvalue weighted by Crippen LogP contribution is -2.07. The highest BCUT2D eigenvalue weighted by molar-refractivity contribution is 7.18. The molecule has 0 bridgehead atoms. The summed E-state index contributed by atoms with van der Waals surface area (Å²) in [6, 6.07) is 15.2. The van der Waals surface area contributed by atoms with Gasteiger partial charge in [0.2, 0.25) is 11.0 Å². The van der Waals surface area contributed by atoms with Crippen LogP contribution in [0.15, 0.2) is 54.6 Å². The van der Waals surface area contributed by atoms with Gasteiger partial charge >= 0.3 is 0 Å². The number of benzene rings is 2. The van der Waals surface area contributed by atoms with Crippen LogP contribution in [0.3, 0.4) is 0 Å². The van der Waals surface area contributed by atoms with Crippen molar-refractivity contribution in [2.45, 2.75) is 6.92 Å². The van der Waals surface area contributed by atoms with E-state index < -0.39 is 0 Å². The molecule has 0 saturated heterocycles.